The van der Waals surface area contributed by atoms with Crippen LogP contribution in [0.4, 0.5) is 0 Å². The van der Waals surface area contributed by atoms with Crippen molar-refractivity contribution in [2.24, 2.45) is 0 Å². The van der Waals surface area contributed by atoms with Gasteiger partial charge in [0.15, 0.2) is 5.69 Å². The lowest BCUT2D eigenvalue weighted by Crippen LogP contribution is -2.14. The second kappa shape index (κ2) is 3.20. The van der Waals surface area contributed by atoms with E-state index in [0.717, 1.165) is 6.42 Å². The highest BCUT2D eigenvalue weighted by Crippen LogP contribution is 2.26. The maximum absolute atomic E-state index is 10.5. The molecule has 0 fully saturated rings. The van der Waals surface area contributed by atoms with Gasteiger partial charge in [0, 0.05) is 11.5 Å². The molecule has 4 heteroatoms. The van der Waals surface area contributed by atoms with Crippen LogP contribution in [0.2, 0.25) is 0 Å². The Morgan fingerprint density at radius 3 is 2.69 bits per heavy atom. The van der Waals surface area contributed by atoms with Crippen molar-refractivity contribution in [1.29, 1.82) is 0 Å². The van der Waals surface area contributed by atoms with Gasteiger partial charge in [0.1, 0.15) is 5.76 Å². The largest absolute Gasteiger partial charge is 0.476 e. The summed E-state index contributed by atoms with van der Waals surface area (Å²) in [5, 5.41) is 12.1. The van der Waals surface area contributed by atoms with E-state index in [1.54, 1.807) is 0 Å². The maximum atomic E-state index is 10.5. The molecule has 0 spiro atoms. The number of carboxylic acid groups (broad SMARTS) is 1. The number of aromatic nitrogens is 1. The number of hydrogen-bond donors (Lipinski definition) is 1. The maximum Gasteiger partial charge on any atom is 0.358 e. The average Bonchev–Trinajstić information content (AvgIpc) is 2.52. The van der Waals surface area contributed by atoms with Crippen LogP contribution in [0.5, 0.6) is 0 Å². The standard InChI is InChI=1S/C9H13NO3/c1-4-9(2,3)7-5-6(8(11)12)10-13-7/h5H,4H2,1-3H3,(H,11,12). The van der Waals surface area contributed by atoms with E-state index in [2.05, 4.69) is 5.16 Å². The summed E-state index contributed by atoms with van der Waals surface area (Å²) in [4.78, 5) is 10.5. The smallest absolute Gasteiger partial charge is 0.358 e. The van der Waals surface area contributed by atoms with Gasteiger partial charge in [-0.3, -0.25) is 0 Å². The number of rotatable bonds is 3. The Morgan fingerprint density at radius 1 is 1.69 bits per heavy atom. The first-order chi connectivity index (χ1) is 5.97. The summed E-state index contributed by atoms with van der Waals surface area (Å²) in [6, 6.07) is 1.48. The lowest BCUT2D eigenvalue weighted by molar-refractivity contribution is 0.0685. The zero-order valence-electron chi connectivity index (χ0n) is 8.00. The van der Waals surface area contributed by atoms with Gasteiger partial charge in [-0.15, -0.1) is 0 Å². The molecule has 13 heavy (non-hydrogen) atoms. The van der Waals surface area contributed by atoms with Crippen LogP contribution in [0, 0.1) is 0 Å². The monoisotopic (exact) mass is 183 g/mol. The van der Waals surface area contributed by atoms with Crippen molar-refractivity contribution in [3.05, 3.63) is 17.5 Å². The second-order valence-electron chi connectivity index (χ2n) is 3.62. The minimum atomic E-state index is -1.05. The van der Waals surface area contributed by atoms with Gasteiger partial charge in [0.2, 0.25) is 0 Å². The summed E-state index contributed by atoms with van der Waals surface area (Å²) < 4.78 is 4.95. The van der Waals surface area contributed by atoms with Gasteiger partial charge in [-0.1, -0.05) is 25.9 Å². The van der Waals surface area contributed by atoms with Crippen LogP contribution in [0.3, 0.4) is 0 Å². The first kappa shape index (κ1) is 9.77. The molecule has 1 N–H and O–H groups in total. The van der Waals surface area contributed by atoms with Crippen molar-refractivity contribution in [3.63, 3.8) is 0 Å². The number of hydrogen-bond acceptors (Lipinski definition) is 3. The fourth-order valence-electron chi connectivity index (χ4n) is 0.869. The van der Waals surface area contributed by atoms with Crippen LogP contribution in [0.1, 0.15) is 43.4 Å². The van der Waals surface area contributed by atoms with Crippen LogP contribution < -0.4 is 0 Å². The number of nitrogens with zero attached hydrogens (tertiary/aromatic N) is 1. The SMILES string of the molecule is CCC(C)(C)c1cc(C(=O)O)no1. The predicted octanol–water partition coefficient (Wildman–Crippen LogP) is 2.06. The number of carboxylic acids is 1. The molecule has 0 atom stereocenters. The van der Waals surface area contributed by atoms with E-state index in [4.69, 9.17) is 9.63 Å². The van der Waals surface area contributed by atoms with Crippen molar-refractivity contribution < 1.29 is 14.4 Å². The summed E-state index contributed by atoms with van der Waals surface area (Å²) in [5.74, 6) is -0.436. The molecule has 0 bridgehead atoms. The molecule has 0 radical (unpaired) electrons. The normalized spacial score (nSPS) is 11.6. The molecular weight excluding hydrogens is 170 g/mol. The van der Waals surface area contributed by atoms with Crippen LogP contribution in [0.15, 0.2) is 10.6 Å². The van der Waals surface area contributed by atoms with Gasteiger partial charge < -0.3 is 9.63 Å². The molecule has 1 rings (SSSR count). The third kappa shape index (κ3) is 1.88. The lowest BCUT2D eigenvalue weighted by Gasteiger charge is -2.17. The molecule has 0 amide bonds. The highest BCUT2D eigenvalue weighted by Gasteiger charge is 2.24. The molecule has 1 aromatic heterocycles. The molecule has 72 valence electrons. The van der Waals surface area contributed by atoms with Gasteiger partial charge in [-0.25, -0.2) is 4.79 Å². The highest BCUT2D eigenvalue weighted by atomic mass is 16.5. The second-order valence-corrected chi connectivity index (χ2v) is 3.62. The Morgan fingerprint density at radius 2 is 2.31 bits per heavy atom. The van der Waals surface area contributed by atoms with E-state index in [1.807, 2.05) is 20.8 Å². The van der Waals surface area contributed by atoms with Crippen LogP contribution in [0.25, 0.3) is 0 Å². The molecule has 4 nitrogen and oxygen atoms in total. The van der Waals surface area contributed by atoms with Gasteiger partial charge in [0.25, 0.3) is 0 Å². The Bertz CT molecular complexity index is 314. The van der Waals surface area contributed by atoms with Crippen molar-refractivity contribution in [1.82, 2.24) is 5.16 Å². The van der Waals surface area contributed by atoms with E-state index in [9.17, 15) is 4.79 Å². The van der Waals surface area contributed by atoms with E-state index in [-0.39, 0.29) is 11.1 Å². The van der Waals surface area contributed by atoms with Crippen LogP contribution >= 0.6 is 0 Å². The third-order valence-electron chi connectivity index (χ3n) is 2.28. The Labute approximate surface area is 76.5 Å². The molecule has 0 saturated heterocycles. The third-order valence-corrected chi connectivity index (χ3v) is 2.28. The molecule has 0 aliphatic rings. The molecule has 1 heterocycles. The zero-order chi connectivity index (χ0) is 10.1. The summed E-state index contributed by atoms with van der Waals surface area (Å²) in [6.07, 6.45) is 0.876. The van der Waals surface area contributed by atoms with E-state index in [0.29, 0.717) is 5.76 Å². The first-order valence-corrected chi connectivity index (χ1v) is 4.18. The number of aromatic carboxylic acids is 1. The molecule has 0 saturated carbocycles. The Hall–Kier alpha value is -1.32. The first-order valence-electron chi connectivity index (χ1n) is 4.18. The minimum Gasteiger partial charge on any atom is -0.476 e. The zero-order valence-corrected chi connectivity index (χ0v) is 8.00. The average molecular weight is 183 g/mol. The summed E-state index contributed by atoms with van der Waals surface area (Å²) >= 11 is 0. The van der Waals surface area contributed by atoms with Crippen LogP contribution in [-0.4, -0.2) is 16.2 Å². The molecular formula is C9H13NO3. The van der Waals surface area contributed by atoms with E-state index < -0.39 is 5.97 Å². The highest BCUT2D eigenvalue weighted by molar-refractivity contribution is 5.85. The summed E-state index contributed by atoms with van der Waals surface area (Å²) in [6.45, 7) is 5.99. The Kier molecular flexibility index (Phi) is 2.40. The number of carbonyl (C=O) groups is 1. The van der Waals surface area contributed by atoms with Gasteiger partial charge in [-0.05, 0) is 6.42 Å². The molecule has 0 aromatic carbocycles. The minimum absolute atomic E-state index is 0.0310. The van der Waals surface area contributed by atoms with E-state index >= 15 is 0 Å². The van der Waals surface area contributed by atoms with Crippen molar-refractivity contribution in [3.8, 4) is 0 Å². The topological polar surface area (TPSA) is 63.3 Å². The molecule has 0 unspecified atom stereocenters. The summed E-state index contributed by atoms with van der Waals surface area (Å²) in [7, 11) is 0. The fourth-order valence-corrected chi connectivity index (χ4v) is 0.869. The van der Waals surface area contributed by atoms with Crippen molar-refractivity contribution >= 4 is 5.97 Å². The summed E-state index contributed by atoms with van der Waals surface area (Å²) in [5.41, 5.74) is -0.183. The van der Waals surface area contributed by atoms with Gasteiger partial charge in [-0.2, -0.15) is 0 Å². The van der Waals surface area contributed by atoms with Crippen molar-refractivity contribution in [2.75, 3.05) is 0 Å². The van der Waals surface area contributed by atoms with E-state index in [1.165, 1.54) is 6.07 Å². The predicted molar refractivity (Wildman–Crippen MR) is 46.8 cm³/mol. The molecule has 1 aromatic rings. The molecule has 0 aliphatic carbocycles. The van der Waals surface area contributed by atoms with Crippen LogP contribution in [-0.2, 0) is 5.41 Å². The van der Waals surface area contributed by atoms with Gasteiger partial charge in [0.05, 0.1) is 0 Å². The molecule has 0 aliphatic heterocycles. The lowest BCUT2D eigenvalue weighted by atomic mass is 9.87. The quantitative estimate of drug-likeness (QED) is 0.779. The van der Waals surface area contributed by atoms with Gasteiger partial charge >= 0.3 is 5.97 Å². The van der Waals surface area contributed by atoms with Crippen molar-refractivity contribution in [2.45, 2.75) is 32.6 Å². The fraction of sp³-hybridized carbons (Fsp3) is 0.556. The Balaban J connectivity index is 2.98.